The number of nitrogens with one attached hydrogen (secondary N) is 1. The fourth-order valence-electron chi connectivity index (χ4n) is 2.30. The van der Waals surface area contributed by atoms with Gasteiger partial charge in [0.15, 0.2) is 0 Å². The lowest BCUT2D eigenvalue weighted by Gasteiger charge is -2.37. The van der Waals surface area contributed by atoms with Crippen LogP contribution in [0.5, 0.6) is 0 Å². The highest BCUT2D eigenvalue weighted by molar-refractivity contribution is 5.78. The molecule has 4 heteroatoms. The number of hydrogen-bond acceptors (Lipinski definition) is 3. The largest absolute Gasteiger partial charge is 0.339 e. The fourth-order valence-corrected chi connectivity index (χ4v) is 2.30. The van der Waals surface area contributed by atoms with E-state index in [-0.39, 0.29) is 5.91 Å². The lowest BCUT2D eigenvalue weighted by Crippen LogP contribution is -2.52. The molecule has 1 aliphatic heterocycles. The highest BCUT2D eigenvalue weighted by atomic mass is 16.2. The van der Waals surface area contributed by atoms with Crippen molar-refractivity contribution in [2.45, 2.75) is 32.7 Å². The Morgan fingerprint density at radius 2 is 1.88 bits per heavy atom. The fraction of sp³-hybridized carbons (Fsp3) is 0.923. The van der Waals surface area contributed by atoms with Crippen LogP contribution in [0.1, 0.15) is 26.7 Å². The van der Waals surface area contributed by atoms with Crippen LogP contribution in [0.4, 0.5) is 0 Å². The van der Waals surface area contributed by atoms with Gasteiger partial charge in [0.2, 0.25) is 5.91 Å². The summed E-state index contributed by atoms with van der Waals surface area (Å²) < 4.78 is 0. The molecule has 1 saturated heterocycles. The maximum Gasteiger partial charge on any atom is 0.236 e. The zero-order chi connectivity index (χ0) is 12.3. The van der Waals surface area contributed by atoms with Crippen molar-refractivity contribution in [1.29, 1.82) is 0 Å². The van der Waals surface area contributed by atoms with Crippen molar-refractivity contribution >= 4 is 5.91 Å². The summed E-state index contributed by atoms with van der Waals surface area (Å²) in [5.41, 5.74) is 0. The molecule has 0 unspecified atom stereocenters. The monoisotopic (exact) mass is 239 g/mol. The third-order valence-corrected chi connectivity index (χ3v) is 3.80. The Kier molecular flexibility index (Phi) is 4.40. The van der Waals surface area contributed by atoms with Crippen LogP contribution in [0, 0.1) is 5.92 Å². The summed E-state index contributed by atoms with van der Waals surface area (Å²) in [5.74, 6) is 1.12. The Labute approximate surface area is 104 Å². The highest BCUT2D eigenvalue weighted by Gasteiger charge is 2.23. The van der Waals surface area contributed by atoms with Crippen molar-refractivity contribution in [3.63, 3.8) is 0 Å². The van der Waals surface area contributed by atoms with E-state index >= 15 is 0 Å². The molecule has 0 aromatic carbocycles. The number of piperazine rings is 1. The molecule has 0 aromatic heterocycles. The second-order valence-corrected chi connectivity index (χ2v) is 5.58. The van der Waals surface area contributed by atoms with Crippen LogP contribution in [0.15, 0.2) is 0 Å². The molecule has 0 spiro atoms. The van der Waals surface area contributed by atoms with Gasteiger partial charge in [-0.05, 0) is 39.2 Å². The van der Waals surface area contributed by atoms with Gasteiger partial charge in [-0.15, -0.1) is 0 Å². The summed E-state index contributed by atoms with van der Waals surface area (Å²) in [6.07, 6.45) is 2.68. The van der Waals surface area contributed by atoms with Crippen LogP contribution in [0.2, 0.25) is 0 Å². The number of amides is 1. The molecule has 1 N–H and O–H groups in total. The van der Waals surface area contributed by atoms with Gasteiger partial charge in [0.1, 0.15) is 0 Å². The first-order valence-electron chi connectivity index (χ1n) is 6.89. The first-order chi connectivity index (χ1) is 8.16. The maximum absolute atomic E-state index is 11.9. The Balaban J connectivity index is 1.62. The summed E-state index contributed by atoms with van der Waals surface area (Å²) in [4.78, 5) is 16.4. The molecule has 2 aliphatic rings. The van der Waals surface area contributed by atoms with Gasteiger partial charge in [-0.2, -0.15) is 0 Å². The van der Waals surface area contributed by atoms with Crippen molar-refractivity contribution in [3.05, 3.63) is 0 Å². The van der Waals surface area contributed by atoms with Crippen LogP contribution in [-0.4, -0.2) is 61.0 Å². The molecule has 1 heterocycles. The third kappa shape index (κ3) is 3.96. The molecule has 0 bridgehead atoms. The second kappa shape index (κ2) is 5.83. The third-order valence-electron chi connectivity index (χ3n) is 3.80. The van der Waals surface area contributed by atoms with Crippen LogP contribution in [0.25, 0.3) is 0 Å². The van der Waals surface area contributed by atoms with Gasteiger partial charge in [-0.3, -0.25) is 9.69 Å². The molecule has 2 rings (SSSR count). The number of carbonyl (C=O) groups excluding carboxylic acids is 1. The molecule has 4 nitrogen and oxygen atoms in total. The van der Waals surface area contributed by atoms with Crippen LogP contribution in [0.3, 0.4) is 0 Å². The van der Waals surface area contributed by atoms with Gasteiger partial charge in [0.25, 0.3) is 0 Å². The summed E-state index contributed by atoms with van der Waals surface area (Å²) in [7, 11) is 0. The van der Waals surface area contributed by atoms with E-state index in [2.05, 4.69) is 24.1 Å². The molecular formula is C13H25N3O. The molecular weight excluding hydrogens is 214 g/mol. The Hall–Kier alpha value is -0.610. The van der Waals surface area contributed by atoms with Crippen molar-refractivity contribution in [1.82, 2.24) is 15.1 Å². The van der Waals surface area contributed by atoms with E-state index in [1.54, 1.807) is 0 Å². The van der Waals surface area contributed by atoms with Gasteiger partial charge in [-0.25, -0.2) is 0 Å². The normalized spacial score (nSPS) is 22.2. The molecule has 98 valence electrons. The first-order valence-corrected chi connectivity index (χ1v) is 6.89. The lowest BCUT2D eigenvalue weighted by molar-refractivity contribution is -0.132. The van der Waals surface area contributed by atoms with E-state index in [9.17, 15) is 4.79 Å². The van der Waals surface area contributed by atoms with Gasteiger partial charge >= 0.3 is 0 Å². The minimum atomic E-state index is 0.272. The number of nitrogens with zero attached hydrogens (tertiary/aromatic N) is 2. The topological polar surface area (TPSA) is 35.6 Å². The van der Waals surface area contributed by atoms with E-state index in [0.29, 0.717) is 12.6 Å². The SMILES string of the molecule is CC(C)N1CCN(C(=O)CNCC2CC2)CC1. The zero-order valence-electron chi connectivity index (χ0n) is 11.1. The Morgan fingerprint density at radius 1 is 1.24 bits per heavy atom. The minimum absolute atomic E-state index is 0.272. The predicted octanol–water partition coefficient (Wildman–Crippen LogP) is 0.539. The van der Waals surface area contributed by atoms with Crippen molar-refractivity contribution in [3.8, 4) is 0 Å². The van der Waals surface area contributed by atoms with Gasteiger partial charge in [0, 0.05) is 32.2 Å². The summed E-state index contributed by atoms with van der Waals surface area (Å²) >= 11 is 0. The maximum atomic E-state index is 11.9. The predicted molar refractivity (Wildman–Crippen MR) is 68.9 cm³/mol. The number of rotatable bonds is 5. The quantitative estimate of drug-likeness (QED) is 0.760. The van der Waals surface area contributed by atoms with Crippen molar-refractivity contribution in [2.75, 3.05) is 39.3 Å². The van der Waals surface area contributed by atoms with E-state index < -0.39 is 0 Å². The first kappa shape index (κ1) is 12.8. The van der Waals surface area contributed by atoms with Gasteiger partial charge in [-0.1, -0.05) is 0 Å². The molecule has 0 radical (unpaired) electrons. The average molecular weight is 239 g/mol. The van der Waals surface area contributed by atoms with E-state index in [4.69, 9.17) is 0 Å². The van der Waals surface area contributed by atoms with Crippen LogP contribution < -0.4 is 5.32 Å². The Morgan fingerprint density at radius 3 is 2.41 bits per heavy atom. The molecule has 1 saturated carbocycles. The summed E-state index contributed by atoms with van der Waals surface area (Å²) in [5, 5.41) is 3.27. The molecule has 0 atom stereocenters. The summed E-state index contributed by atoms with van der Waals surface area (Å²) in [6, 6.07) is 0.597. The van der Waals surface area contributed by atoms with E-state index in [0.717, 1.165) is 38.6 Å². The van der Waals surface area contributed by atoms with Crippen molar-refractivity contribution in [2.24, 2.45) is 5.92 Å². The molecule has 17 heavy (non-hydrogen) atoms. The number of hydrogen-bond donors (Lipinski definition) is 1. The van der Waals surface area contributed by atoms with Gasteiger partial charge < -0.3 is 10.2 Å². The van der Waals surface area contributed by atoms with Crippen LogP contribution >= 0.6 is 0 Å². The van der Waals surface area contributed by atoms with E-state index in [1.807, 2.05) is 4.90 Å². The lowest BCUT2D eigenvalue weighted by atomic mass is 10.2. The average Bonchev–Trinajstić information content (AvgIpc) is 3.13. The minimum Gasteiger partial charge on any atom is -0.339 e. The zero-order valence-corrected chi connectivity index (χ0v) is 11.1. The molecule has 2 fully saturated rings. The summed E-state index contributed by atoms with van der Waals surface area (Å²) in [6.45, 7) is 9.81. The Bertz CT molecular complexity index is 255. The van der Waals surface area contributed by atoms with Crippen molar-refractivity contribution < 1.29 is 4.79 Å². The van der Waals surface area contributed by atoms with Gasteiger partial charge in [0.05, 0.1) is 6.54 Å². The van der Waals surface area contributed by atoms with E-state index in [1.165, 1.54) is 12.8 Å². The standard InChI is InChI=1S/C13H25N3O/c1-11(2)15-5-7-16(8-6-15)13(17)10-14-9-12-3-4-12/h11-12,14H,3-10H2,1-2H3. The molecule has 1 amide bonds. The highest BCUT2D eigenvalue weighted by Crippen LogP contribution is 2.27. The molecule has 1 aliphatic carbocycles. The van der Waals surface area contributed by atoms with Crippen LogP contribution in [-0.2, 0) is 4.79 Å². The smallest absolute Gasteiger partial charge is 0.236 e. The molecule has 0 aromatic rings. The number of carbonyl (C=O) groups is 1. The second-order valence-electron chi connectivity index (χ2n) is 5.58.